The molecule has 0 saturated carbocycles. The van der Waals surface area contributed by atoms with Gasteiger partial charge in [0.2, 0.25) is 0 Å². The first-order chi connectivity index (χ1) is 11.8. The van der Waals surface area contributed by atoms with E-state index in [0.29, 0.717) is 20.6 Å². The molecule has 0 bridgehead atoms. The highest BCUT2D eigenvalue weighted by Crippen LogP contribution is 2.25. The van der Waals surface area contributed by atoms with E-state index >= 15 is 0 Å². The molecule has 1 N–H and O–H groups in total. The molecule has 0 saturated heterocycles. The molecule has 0 heterocycles. The van der Waals surface area contributed by atoms with Crippen LogP contribution in [0, 0.1) is 0 Å². The lowest BCUT2D eigenvalue weighted by molar-refractivity contribution is -0.123. The SMILES string of the molecule is C[C@H](OC(=O)c1ccccc1[S@](C)=O)C(=O)Nc1cc(Cl)ccc1Cl. The average Bonchev–Trinajstić information content (AvgIpc) is 2.57. The van der Waals surface area contributed by atoms with Gasteiger partial charge in [-0.3, -0.25) is 9.00 Å². The van der Waals surface area contributed by atoms with Crippen LogP contribution in [0.15, 0.2) is 47.4 Å². The molecule has 0 aliphatic rings. The fourth-order valence-corrected chi connectivity index (χ4v) is 3.06. The third-order valence-electron chi connectivity index (χ3n) is 3.26. The molecule has 0 aliphatic heterocycles. The predicted octanol–water partition coefficient (Wildman–Crippen LogP) is 3.91. The standard InChI is InChI=1S/C17H15Cl2NO4S/c1-10(16(21)20-14-9-11(18)7-8-13(14)19)24-17(22)12-5-3-4-6-15(12)25(2)23/h3-10H,1-2H3,(H,20,21)/t10-,25-/m0/s1. The maximum atomic E-state index is 12.3. The quantitative estimate of drug-likeness (QED) is 0.773. The van der Waals surface area contributed by atoms with Crippen LogP contribution in [0.25, 0.3) is 0 Å². The fourth-order valence-electron chi connectivity index (χ4n) is 1.99. The van der Waals surface area contributed by atoms with Crippen molar-refractivity contribution in [1.29, 1.82) is 0 Å². The van der Waals surface area contributed by atoms with Gasteiger partial charge in [-0.05, 0) is 37.3 Å². The molecule has 2 aromatic carbocycles. The molecule has 0 aliphatic carbocycles. The lowest BCUT2D eigenvalue weighted by atomic mass is 10.2. The second-order valence-corrected chi connectivity index (χ2v) is 7.30. The van der Waals surface area contributed by atoms with E-state index in [0.717, 1.165) is 0 Å². The van der Waals surface area contributed by atoms with E-state index in [1.54, 1.807) is 30.3 Å². The van der Waals surface area contributed by atoms with Crippen molar-refractivity contribution in [2.45, 2.75) is 17.9 Å². The average molecular weight is 400 g/mol. The van der Waals surface area contributed by atoms with E-state index in [9.17, 15) is 13.8 Å². The van der Waals surface area contributed by atoms with Gasteiger partial charge in [0.15, 0.2) is 6.10 Å². The van der Waals surface area contributed by atoms with Crippen LogP contribution in [0.4, 0.5) is 5.69 Å². The van der Waals surface area contributed by atoms with Gasteiger partial charge in [0, 0.05) is 11.3 Å². The minimum Gasteiger partial charge on any atom is -0.449 e. The summed E-state index contributed by atoms with van der Waals surface area (Å²) < 4.78 is 16.9. The summed E-state index contributed by atoms with van der Waals surface area (Å²) in [4.78, 5) is 24.8. The van der Waals surface area contributed by atoms with E-state index in [-0.39, 0.29) is 5.56 Å². The number of hydrogen-bond acceptors (Lipinski definition) is 4. The largest absolute Gasteiger partial charge is 0.449 e. The molecule has 0 spiro atoms. The van der Waals surface area contributed by atoms with Crippen LogP contribution in [0.5, 0.6) is 0 Å². The number of amides is 1. The van der Waals surface area contributed by atoms with Crippen molar-refractivity contribution in [1.82, 2.24) is 0 Å². The third kappa shape index (κ3) is 5.04. The van der Waals surface area contributed by atoms with Crippen molar-refractivity contribution < 1.29 is 18.5 Å². The number of nitrogens with one attached hydrogen (secondary N) is 1. The summed E-state index contributed by atoms with van der Waals surface area (Å²) in [6, 6.07) is 11.0. The maximum absolute atomic E-state index is 12.3. The summed E-state index contributed by atoms with van der Waals surface area (Å²) in [5.74, 6) is -1.29. The highest BCUT2D eigenvalue weighted by molar-refractivity contribution is 7.84. The van der Waals surface area contributed by atoms with Crippen molar-refractivity contribution >= 4 is 51.6 Å². The van der Waals surface area contributed by atoms with Gasteiger partial charge in [-0.1, -0.05) is 35.3 Å². The number of carbonyl (C=O) groups excluding carboxylic acids is 2. The number of hydrogen-bond donors (Lipinski definition) is 1. The Balaban J connectivity index is 2.10. The molecule has 0 radical (unpaired) electrons. The lowest BCUT2D eigenvalue weighted by Crippen LogP contribution is -2.30. The fraction of sp³-hybridized carbons (Fsp3) is 0.176. The van der Waals surface area contributed by atoms with Gasteiger partial charge >= 0.3 is 5.97 Å². The first-order valence-electron chi connectivity index (χ1n) is 7.19. The van der Waals surface area contributed by atoms with Crippen LogP contribution in [0.3, 0.4) is 0 Å². The molecule has 0 fully saturated rings. The predicted molar refractivity (Wildman–Crippen MR) is 98.7 cm³/mol. The van der Waals surface area contributed by atoms with Gasteiger partial charge in [-0.2, -0.15) is 0 Å². The molecule has 0 unspecified atom stereocenters. The van der Waals surface area contributed by atoms with Crippen molar-refractivity contribution in [3.8, 4) is 0 Å². The van der Waals surface area contributed by atoms with Crippen LogP contribution in [0.1, 0.15) is 17.3 Å². The Kier molecular flexibility index (Phi) is 6.58. The van der Waals surface area contributed by atoms with E-state index in [4.69, 9.17) is 27.9 Å². The number of rotatable bonds is 5. The maximum Gasteiger partial charge on any atom is 0.340 e. The van der Waals surface area contributed by atoms with Gasteiger partial charge < -0.3 is 10.1 Å². The van der Waals surface area contributed by atoms with E-state index in [1.807, 2.05) is 0 Å². The Labute approximate surface area is 157 Å². The third-order valence-corrected chi connectivity index (χ3v) is 4.80. The number of carbonyl (C=O) groups is 2. The summed E-state index contributed by atoms with van der Waals surface area (Å²) in [5.41, 5.74) is 0.473. The second kappa shape index (κ2) is 8.47. The van der Waals surface area contributed by atoms with E-state index in [2.05, 4.69) is 5.32 Å². The molecule has 1 amide bonds. The topological polar surface area (TPSA) is 72.5 Å². The highest BCUT2D eigenvalue weighted by Gasteiger charge is 2.22. The van der Waals surface area contributed by atoms with Crippen LogP contribution in [-0.2, 0) is 20.3 Å². The van der Waals surface area contributed by atoms with Crippen LogP contribution < -0.4 is 5.32 Å². The smallest absolute Gasteiger partial charge is 0.340 e. The molecular formula is C17H15Cl2NO4S. The van der Waals surface area contributed by atoms with Crippen molar-refractivity contribution in [2.24, 2.45) is 0 Å². The highest BCUT2D eigenvalue weighted by atomic mass is 35.5. The minimum absolute atomic E-state index is 0.156. The molecule has 0 aromatic heterocycles. The number of ether oxygens (including phenoxy) is 1. The second-order valence-electron chi connectivity index (χ2n) is 5.11. The van der Waals surface area contributed by atoms with Gasteiger partial charge in [-0.15, -0.1) is 0 Å². The molecule has 8 heteroatoms. The molecule has 5 nitrogen and oxygen atoms in total. The van der Waals surface area contributed by atoms with Gasteiger partial charge in [-0.25, -0.2) is 4.79 Å². The number of anilines is 1. The zero-order valence-corrected chi connectivity index (χ0v) is 15.7. The molecule has 2 aromatic rings. The molecule has 2 atom stereocenters. The molecule has 132 valence electrons. The molecular weight excluding hydrogens is 385 g/mol. The normalized spacial score (nSPS) is 13.0. The Morgan fingerprint density at radius 2 is 1.84 bits per heavy atom. The first-order valence-corrected chi connectivity index (χ1v) is 9.50. The first kappa shape index (κ1) is 19.4. The summed E-state index contributed by atoms with van der Waals surface area (Å²) in [7, 11) is -1.36. The summed E-state index contributed by atoms with van der Waals surface area (Å²) in [6.07, 6.45) is 0.379. The molecule has 2 rings (SSSR count). The summed E-state index contributed by atoms with van der Waals surface area (Å²) in [6.45, 7) is 1.43. The Hall–Kier alpha value is -1.89. The number of halogens is 2. The van der Waals surface area contributed by atoms with Crippen molar-refractivity contribution in [2.75, 3.05) is 11.6 Å². The Morgan fingerprint density at radius 1 is 1.16 bits per heavy atom. The number of benzene rings is 2. The Morgan fingerprint density at radius 3 is 2.52 bits per heavy atom. The molecule has 25 heavy (non-hydrogen) atoms. The van der Waals surface area contributed by atoms with Crippen LogP contribution >= 0.6 is 23.2 Å². The van der Waals surface area contributed by atoms with Gasteiger partial charge in [0.05, 0.1) is 32.0 Å². The van der Waals surface area contributed by atoms with Crippen molar-refractivity contribution in [3.63, 3.8) is 0 Å². The van der Waals surface area contributed by atoms with Crippen LogP contribution in [0.2, 0.25) is 10.0 Å². The summed E-state index contributed by atoms with van der Waals surface area (Å²) >= 11 is 11.9. The zero-order chi connectivity index (χ0) is 18.6. The summed E-state index contributed by atoms with van der Waals surface area (Å²) in [5, 5.41) is 3.27. The van der Waals surface area contributed by atoms with Crippen LogP contribution in [-0.4, -0.2) is 28.4 Å². The number of esters is 1. The van der Waals surface area contributed by atoms with E-state index < -0.39 is 28.8 Å². The monoisotopic (exact) mass is 399 g/mol. The minimum atomic E-state index is -1.36. The van der Waals surface area contributed by atoms with E-state index in [1.165, 1.54) is 25.3 Å². The zero-order valence-electron chi connectivity index (χ0n) is 13.4. The van der Waals surface area contributed by atoms with Gasteiger partial charge in [0.1, 0.15) is 0 Å². The van der Waals surface area contributed by atoms with Gasteiger partial charge in [0.25, 0.3) is 5.91 Å². The Bertz CT molecular complexity index is 841. The lowest BCUT2D eigenvalue weighted by Gasteiger charge is -2.15. The van der Waals surface area contributed by atoms with Crippen molar-refractivity contribution in [3.05, 3.63) is 58.1 Å².